The van der Waals surface area contributed by atoms with Gasteiger partial charge in [0.05, 0.1) is 10.6 Å². The van der Waals surface area contributed by atoms with E-state index in [0.717, 1.165) is 16.8 Å². The van der Waals surface area contributed by atoms with Gasteiger partial charge in [-0.05, 0) is 30.7 Å². The molecule has 0 bridgehead atoms. The number of nitro groups is 1. The second-order valence-corrected chi connectivity index (χ2v) is 3.47. The van der Waals surface area contributed by atoms with E-state index in [4.69, 9.17) is 4.84 Å². The van der Waals surface area contributed by atoms with Gasteiger partial charge in [0.25, 0.3) is 5.69 Å². The van der Waals surface area contributed by atoms with Gasteiger partial charge >= 0.3 is 0 Å². The number of nitrogens with zero attached hydrogens (tertiary/aromatic N) is 2. The second kappa shape index (κ2) is 4.14. The molecule has 0 radical (unpaired) electrons. The lowest BCUT2D eigenvalue weighted by Gasteiger charge is -1.96. The Balaban J connectivity index is 2.23. The molecule has 0 aliphatic carbocycles. The fraction of sp³-hybridized carbons (Fsp3) is 0.182. The van der Waals surface area contributed by atoms with Crippen LogP contribution in [0.4, 0.5) is 5.69 Å². The zero-order valence-electron chi connectivity index (χ0n) is 8.71. The number of non-ortho nitro benzene ring substituents is 1. The first-order valence-corrected chi connectivity index (χ1v) is 4.79. The van der Waals surface area contributed by atoms with Crippen LogP contribution in [0.2, 0.25) is 0 Å². The van der Waals surface area contributed by atoms with E-state index in [2.05, 4.69) is 5.16 Å². The average Bonchev–Trinajstić information content (AvgIpc) is 2.65. The Hall–Kier alpha value is -2.17. The Morgan fingerprint density at radius 1 is 1.44 bits per heavy atom. The van der Waals surface area contributed by atoms with Crippen LogP contribution in [0.1, 0.15) is 12.5 Å². The van der Waals surface area contributed by atoms with Gasteiger partial charge in [0, 0.05) is 17.7 Å². The highest BCUT2D eigenvalue weighted by molar-refractivity contribution is 6.02. The molecule has 0 unspecified atom stereocenters. The van der Waals surface area contributed by atoms with Crippen LogP contribution >= 0.6 is 0 Å². The number of rotatable bonds is 2. The van der Waals surface area contributed by atoms with E-state index in [1.54, 1.807) is 12.1 Å². The van der Waals surface area contributed by atoms with Crippen LogP contribution in [-0.4, -0.2) is 17.2 Å². The van der Waals surface area contributed by atoms with Crippen LogP contribution in [0.25, 0.3) is 6.08 Å². The summed E-state index contributed by atoms with van der Waals surface area (Å²) in [6, 6.07) is 6.37. The first-order valence-electron chi connectivity index (χ1n) is 4.79. The van der Waals surface area contributed by atoms with Crippen molar-refractivity contribution in [2.45, 2.75) is 6.92 Å². The van der Waals surface area contributed by atoms with E-state index in [0.29, 0.717) is 6.61 Å². The molecule has 82 valence electrons. The highest BCUT2D eigenvalue weighted by Gasteiger charge is 2.10. The molecule has 0 aromatic heterocycles. The van der Waals surface area contributed by atoms with Crippen molar-refractivity contribution < 1.29 is 9.76 Å². The predicted octanol–water partition coefficient (Wildman–Crippen LogP) is 2.38. The lowest BCUT2D eigenvalue weighted by molar-refractivity contribution is -0.384. The van der Waals surface area contributed by atoms with Gasteiger partial charge in [0.2, 0.25) is 0 Å². The van der Waals surface area contributed by atoms with Crippen LogP contribution in [0.15, 0.2) is 35.0 Å². The third kappa shape index (κ3) is 2.08. The summed E-state index contributed by atoms with van der Waals surface area (Å²) in [7, 11) is 0. The Morgan fingerprint density at radius 3 is 2.62 bits per heavy atom. The molecule has 1 aliphatic rings. The van der Waals surface area contributed by atoms with E-state index in [-0.39, 0.29) is 5.69 Å². The molecule has 1 aromatic rings. The first-order chi connectivity index (χ1) is 7.66. The van der Waals surface area contributed by atoms with Crippen molar-refractivity contribution in [1.29, 1.82) is 0 Å². The van der Waals surface area contributed by atoms with Crippen molar-refractivity contribution in [2.24, 2.45) is 5.16 Å². The molecule has 1 aliphatic heterocycles. The average molecular weight is 218 g/mol. The Morgan fingerprint density at radius 2 is 2.12 bits per heavy atom. The molecule has 0 spiro atoms. The summed E-state index contributed by atoms with van der Waals surface area (Å²) in [5.74, 6) is 0. The minimum absolute atomic E-state index is 0.0928. The summed E-state index contributed by atoms with van der Waals surface area (Å²) in [6.07, 6.45) is 1.91. The molecule has 2 rings (SSSR count). The molecule has 1 heterocycles. The van der Waals surface area contributed by atoms with E-state index in [1.807, 2.05) is 13.0 Å². The standard InChI is InChI=1S/C11H10N2O3/c1-8-10(7-16-12-8)6-9-2-4-11(5-3-9)13(14)15/h2-6H,7H2,1H3/b10-6-. The second-order valence-electron chi connectivity index (χ2n) is 3.47. The molecule has 0 amide bonds. The largest absolute Gasteiger partial charge is 0.391 e. The van der Waals surface area contributed by atoms with Gasteiger partial charge in [-0.2, -0.15) is 0 Å². The predicted molar refractivity (Wildman–Crippen MR) is 60.1 cm³/mol. The zero-order valence-corrected chi connectivity index (χ0v) is 8.71. The molecule has 5 nitrogen and oxygen atoms in total. The van der Waals surface area contributed by atoms with Gasteiger partial charge in [-0.15, -0.1) is 0 Å². The Labute approximate surface area is 92.2 Å². The molecule has 5 heteroatoms. The van der Waals surface area contributed by atoms with Crippen LogP contribution < -0.4 is 0 Å². The fourth-order valence-electron chi connectivity index (χ4n) is 1.40. The lowest BCUT2D eigenvalue weighted by Crippen LogP contribution is -1.93. The minimum atomic E-state index is -0.414. The van der Waals surface area contributed by atoms with Crippen molar-refractivity contribution in [3.8, 4) is 0 Å². The Kier molecular flexibility index (Phi) is 2.68. The van der Waals surface area contributed by atoms with E-state index < -0.39 is 4.92 Å². The van der Waals surface area contributed by atoms with Gasteiger partial charge < -0.3 is 4.84 Å². The highest BCUT2D eigenvalue weighted by atomic mass is 16.6. The van der Waals surface area contributed by atoms with Crippen molar-refractivity contribution >= 4 is 17.5 Å². The molecule has 1 aromatic carbocycles. The van der Waals surface area contributed by atoms with Gasteiger partial charge in [0.15, 0.2) is 0 Å². The fourth-order valence-corrected chi connectivity index (χ4v) is 1.40. The molecule has 0 fully saturated rings. The molecular weight excluding hydrogens is 208 g/mol. The van der Waals surface area contributed by atoms with Crippen LogP contribution in [0.5, 0.6) is 0 Å². The quantitative estimate of drug-likeness (QED) is 0.565. The monoisotopic (exact) mass is 218 g/mol. The summed E-state index contributed by atoms with van der Waals surface area (Å²) in [5, 5.41) is 14.3. The SMILES string of the molecule is CC1=NOC/C1=C/c1ccc([N+](=O)[O-])cc1. The summed E-state index contributed by atoms with van der Waals surface area (Å²) < 4.78 is 0. The summed E-state index contributed by atoms with van der Waals surface area (Å²) >= 11 is 0. The smallest absolute Gasteiger partial charge is 0.269 e. The summed E-state index contributed by atoms with van der Waals surface area (Å²) in [4.78, 5) is 15.0. The van der Waals surface area contributed by atoms with E-state index >= 15 is 0 Å². The normalized spacial score (nSPS) is 17.1. The van der Waals surface area contributed by atoms with Crippen molar-refractivity contribution in [3.63, 3.8) is 0 Å². The van der Waals surface area contributed by atoms with Crippen molar-refractivity contribution in [2.75, 3.05) is 6.61 Å². The van der Waals surface area contributed by atoms with Crippen molar-refractivity contribution in [1.82, 2.24) is 0 Å². The van der Waals surface area contributed by atoms with Gasteiger partial charge in [0.1, 0.15) is 6.61 Å². The number of hydrogen-bond donors (Lipinski definition) is 0. The maximum Gasteiger partial charge on any atom is 0.269 e. The summed E-state index contributed by atoms with van der Waals surface area (Å²) in [6.45, 7) is 2.33. The number of benzene rings is 1. The molecular formula is C11H10N2O3. The number of nitro benzene ring substituents is 1. The highest BCUT2D eigenvalue weighted by Crippen LogP contribution is 2.17. The van der Waals surface area contributed by atoms with Crippen LogP contribution in [0.3, 0.4) is 0 Å². The molecule has 0 atom stereocenters. The molecule has 0 saturated carbocycles. The number of oxime groups is 1. The maximum atomic E-state index is 10.5. The zero-order chi connectivity index (χ0) is 11.5. The Bertz CT molecular complexity index is 475. The van der Waals surface area contributed by atoms with Gasteiger partial charge in [-0.1, -0.05) is 5.16 Å². The molecule has 0 N–H and O–H groups in total. The minimum Gasteiger partial charge on any atom is -0.391 e. The maximum absolute atomic E-state index is 10.5. The van der Waals surface area contributed by atoms with Crippen LogP contribution in [0, 0.1) is 10.1 Å². The van der Waals surface area contributed by atoms with Gasteiger partial charge in [-0.25, -0.2) is 0 Å². The molecule has 16 heavy (non-hydrogen) atoms. The summed E-state index contributed by atoms with van der Waals surface area (Å²) in [5.41, 5.74) is 2.84. The van der Waals surface area contributed by atoms with E-state index in [1.165, 1.54) is 12.1 Å². The lowest BCUT2D eigenvalue weighted by atomic mass is 10.1. The number of hydrogen-bond acceptors (Lipinski definition) is 4. The van der Waals surface area contributed by atoms with Crippen LogP contribution in [-0.2, 0) is 4.84 Å². The topological polar surface area (TPSA) is 64.7 Å². The van der Waals surface area contributed by atoms with Gasteiger partial charge in [-0.3, -0.25) is 10.1 Å². The third-order valence-electron chi connectivity index (χ3n) is 2.33. The first kappa shape index (κ1) is 10.4. The van der Waals surface area contributed by atoms with Crippen molar-refractivity contribution in [3.05, 3.63) is 45.5 Å². The molecule has 0 saturated heterocycles. The third-order valence-corrected chi connectivity index (χ3v) is 2.33. The van der Waals surface area contributed by atoms with E-state index in [9.17, 15) is 10.1 Å².